The molecule has 0 bridgehead atoms. The molecule has 0 aliphatic carbocycles. The van der Waals surface area contributed by atoms with E-state index in [0.29, 0.717) is 0 Å². The zero-order valence-electron chi connectivity index (χ0n) is 10.4. The fourth-order valence-electron chi connectivity index (χ4n) is 1.77. The van der Waals surface area contributed by atoms with E-state index < -0.39 is 24.0 Å². The number of hydrogen-bond donors (Lipinski definition) is 4. The number of carbonyl (C=O) groups is 3. The van der Waals surface area contributed by atoms with Crippen LogP contribution in [0.3, 0.4) is 0 Å². The maximum Gasteiger partial charge on any atom is 0.326 e. The number of urea groups is 1. The molecule has 0 spiro atoms. The Bertz CT molecular complexity index is 344. The van der Waals surface area contributed by atoms with Gasteiger partial charge in [0.2, 0.25) is 0 Å². The van der Waals surface area contributed by atoms with Crippen molar-refractivity contribution >= 4 is 29.7 Å². The summed E-state index contributed by atoms with van der Waals surface area (Å²) in [4.78, 5) is 32.9. The molecule has 0 aromatic rings. The molecule has 8 heteroatoms. The van der Waals surface area contributed by atoms with E-state index >= 15 is 0 Å². The Morgan fingerprint density at radius 3 is 2.58 bits per heavy atom. The molecule has 19 heavy (non-hydrogen) atoms. The fourth-order valence-corrected chi connectivity index (χ4v) is 2.84. The molecule has 1 fully saturated rings. The van der Waals surface area contributed by atoms with Gasteiger partial charge in [-0.05, 0) is 25.0 Å². The van der Waals surface area contributed by atoms with Crippen LogP contribution in [-0.2, 0) is 9.59 Å². The Kier molecular flexibility index (Phi) is 6.48. The van der Waals surface area contributed by atoms with Gasteiger partial charge in [-0.15, -0.1) is 0 Å². The highest BCUT2D eigenvalue weighted by Crippen LogP contribution is 2.16. The lowest BCUT2D eigenvalue weighted by atomic mass is 10.1. The molecule has 0 aromatic carbocycles. The van der Waals surface area contributed by atoms with E-state index in [1.807, 2.05) is 0 Å². The van der Waals surface area contributed by atoms with Crippen LogP contribution in [-0.4, -0.2) is 51.8 Å². The van der Waals surface area contributed by atoms with Crippen molar-refractivity contribution < 1.29 is 24.6 Å². The van der Waals surface area contributed by atoms with Crippen LogP contribution >= 0.6 is 11.8 Å². The van der Waals surface area contributed by atoms with Crippen LogP contribution < -0.4 is 10.6 Å². The summed E-state index contributed by atoms with van der Waals surface area (Å²) in [6, 6.07) is -1.68. The first-order chi connectivity index (χ1) is 8.99. The van der Waals surface area contributed by atoms with Crippen molar-refractivity contribution in [1.82, 2.24) is 10.6 Å². The minimum atomic E-state index is -1.23. The van der Waals surface area contributed by atoms with E-state index in [4.69, 9.17) is 10.2 Å². The molecule has 1 aliphatic heterocycles. The van der Waals surface area contributed by atoms with Gasteiger partial charge in [0, 0.05) is 18.2 Å². The zero-order chi connectivity index (χ0) is 14.3. The predicted octanol–water partition coefficient (Wildman–Crippen LogP) is 0.499. The van der Waals surface area contributed by atoms with E-state index in [2.05, 4.69) is 10.6 Å². The maximum absolute atomic E-state index is 11.6. The third kappa shape index (κ3) is 6.32. The van der Waals surface area contributed by atoms with E-state index in [0.717, 1.165) is 24.3 Å². The Morgan fingerprint density at radius 1 is 1.32 bits per heavy atom. The van der Waals surface area contributed by atoms with E-state index in [1.165, 1.54) is 0 Å². The van der Waals surface area contributed by atoms with E-state index in [1.54, 1.807) is 11.8 Å². The number of hydrogen-bond acceptors (Lipinski definition) is 4. The van der Waals surface area contributed by atoms with E-state index in [-0.39, 0.29) is 18.9 Å². The first-order valence-corrected chi connectivity index (χ1v) is 7.24. The molecule has 2 amide bonds. The summed E-state index contributed by atoms with van der Waals surface area (Å²) in [5.74, 6) is -0.414. The second-order valence-electron chi connectivity index (χ2n) is 4.36. The van der Waals surface area contributed by atoms with Crippen molar-refractivity contribution in [2.75, 3.05) is 11.5 Å². The first kappa shape index (κ1) is 15.6. The van der Waals surface area contributed by atoms with Gasteiger partial charge in [0.1, 0.15) is 6.04 Å². The number of nitrogens with one attached hydrogen (secondary N) is 2. The van der Waals surface area contributed by atoms with Crippen LogP contribution in [0.1, 0.15) is 25.7 Å². The van der Waals surface area contributed by atoms with Gasteiger partial charge in [0.05, 0.1) is 0 Å². The normalized spacial score (nSPS) is 20.3. The second kappa shape index (κ2) is 7.88. The van der Waals surface area contributed by atoms with Gasteiger partial charge in [-0.3, -0.25) is 4.79 Å². The number of carboxylic acid groups (broad SMARTS) is 2. The van der Waals surface area contributed by atoms with Crippen molar-refractivity contribution in [2.24, 2.45) is 0 Å². The number of thioether (sulfide) groups is 1. The lowest BCUT2D eigenvalue weighted by Crippen LogP contribution is -2.50. The molecule has 4 N–H and O–H groups in total. The lowest BCUT2D eigenvalue weighted by Gasteiger charge is -2.23. The molecule has 1 saturated heterocycles. The summed E-state index contributed by atoms with van der Waals surface area (Å²) in [6.07, 6.45) is 1.48. The monoisotopic (exact) mass is 290 g/mol. The van der Waals surface area contributed by atoms with Gasteiger partial charge >= 0.3 is 18.0 Å². The Labute approximate surface area is 115 Å². The SMILES string of the molecule is O=C(O)CCC(NC(=O)NC1CCCSC1)C(=O)O. The van der Waals surface area contributed by atoms with Gasteiger partial charge < -0.3 is 20.8 Å². The highest BCUT2D eigenvalue weighted by molar-refractivity contribution is 7.99. The van der Waals surface area contributed by atoms with Crippen molar-refractivity contribution in [1.29, 1.82) is 0 Å². The van der Waals surface area contributed by atoms with Crippen LogP contribution in [0.2, 0.25) is 0 Å². The molecule has 2 unspecified atom stereocenters. The standard InChI is InChI=1S/C11H18N2O5S/c14-9(15)4-3-8(10(16)17)13-11(18)12-7-2-1-5-19-6-7/h7-8H,1-6H2,(H,14,15)(H,16,17)(H2,12,13,18). The number of carbonyl (C=O) groups excluding carboxylic acids is 1. The topological polar surface area (TPSA) is 116 Å². The van der Waals surface area contributed by atoms with Gasteiger partial charge in [-0.1, -0.05) is 0 Å². The zero-order valence-corrected chi connectivity index (χ0v) is 11.2. The Hall–Kier alpha value is -1.44. The summed E-state index contributed by atoms with van der Waals surface area (Å²) < 4.78 is 0. The van der Waals surface area contributed by atoms with Crippen LogP contribution in [0.4, 0.5) is 4.79 Å². The summed E-state index contributed by atoms with van der Waals surface area (Å²) in [6.45, 7) is 0. The average Bonchev–Trinajstić information content (AvgIpc) is 2.35. The molecular weight excluding hydrogens is 272 g/mol. The Balaban J connectivity index is 2.37. The van der Waals surface area contributed by atoms with Crippen LogP contribution in [0.25, 0.3) is 0 Å². The number of amides is 2. The number of aliphatic carboxylic acids is 2. The third-order valence-corrected chi connectivity index (χ3v) is 3.96. The van der Waals surface area contributed by atoms with E-state index in [9.17, 15) is 14.4 Å². The van der Waals surface area contributed by atoms with Crippen molar-refractivity contribution in [2.45, 2.75) is 37.8 Å². The minimum Gasteiger partial charge on any atom is -0.481 e. The summed E-state index contributed by atoms with van der Waals surface area (Å²) in [7, 11) is 0. The molecule has 0 aromatic heterocycles. The molecule has 0 saturated carbocycles. The minimum absolute atomic E-state index is 0.0488. The van der Waals surface area contributed by atoms with Crippen LogP contribution in [0.15, 0.2) is 0 Å². The van der Waals surface area contributed by atoms with Crippen molar-refractivity contribution in [3.63, 3.8) is 0 Å². The molecule has 1 rings (SSSR count). The molecule has 1 heterocycles. The van der Waals surface area contributed by atoms with Crippen LogP contribution in [0.5, 0.6) is 0 Å². The van der Waals surface area contributed by atoms with Crippen molar-refractivity contribution in [3.8, 4) is 0 Å². The van der Waals surface area contributed by atoms with Crippen molar-refractivity contribution in [3.05, 3.63) is 0 Å². The molecule has 108 valence electrons. The molecule has 1 aliphatic rings. The number of rotatable bonds is 6. The number of carboxylic acids is 2. The lowest BCUT2D eigenvalue weighted by molar-refractivity contribution is -0.140. The summed E-state index contributed by atoms with van der Waals surface area (Å²) in [5.41, 5.74) is 0. The fraction of sp³-hybridized carbons (Fsp3) is 0.727. The van der Waals surface area contributed by atoms with Gasteiger partial charge in [0.25, 0.3) is 0 Å². The summed E-state index contributed by atoms with van der Waals surface area (Å²) in [5, 5.41) is 22.4. The molecule has 2 atom stereocenters. The average molecular weight is 290 g/mol. The Morgan fingerprint density at radius 2 is 2.05 bits per heavy atom. The molecular formula is C11H18N2O5S. The molecule has 7 nitrogen and oxygen atoms in total. The van der Waals surface area contributed by atoms with Gasteiger partial charge in [-0.25, -0.2) is 9.59 Å². The van der Waals surface area contributed by atoms with Gasteiger partial charge in [-0.2, -0.15) is 11.8 Å². The maximum atomic E-state index is 11.6. The smallest absolute Gasteiger partial charge is 0.326 e. The summed E-state index contributed by atoms with van der Waals surface area (Å²) >= 11 is 1.75. The second-order valence-corrected chi connectivity index (χ2v) is 5.50. The molecule has 0 radical (unpaired) electrons. The van der Waals surface area contributed by atoms with Crippen LogP contribution in [0, 0.1) is 0 Å². The third-order valence-electron chi connectivity index (χ3n) is 2.75. The highest BCUT2D eigenvalue weighted by Gasteiger charge is 2.22. The van der Waals surface area contributed by atoms with Gasteiger partial charge in [0.15, 0.2) is 0 Å². The highest BCUT2D eigenvalue weighted by atomic mass is 32.2. The predicted molar refractivity (Wildman–Crippen MR) is 70.3 cm³/mol. The quantitative estimate of drug-likeness (QED) is 0.566. The first-order valence-electron chi connectivity index (χ1n) is 6.08. The largest absolute Gasteiger partial charge is 0.481 e.